The normalized spacial score (nSPS) is 20.6. The zero-order chi connectivity index (χ0) is 13.9. The highest BCUT2D eigenvalue weighted by molar-refractivity contribution is 5.78. The van der Waals surface area contributed by atoms with Gasteiger partial charge in [-0.3, -0.25) is 4.90 Å². The highest BCUT2D eigenvalue weighted by Gasteiger charge is 2.21. The minimum atomic E-state index is 0.261. The molecule has 1 aliphatic heterocycles. The zero-order valence-corrected chi connectivity index (χ0v) is 11.7. The molecule has 0 bridgehead atoms. The van der Waals surface area contributed by atoms with Gasteiger partial charge in [0, 0.05) is 24.7 Å². The summed E-state index contributed by atoms with van der Waals surface area (Å²) in [6, 6.07) is 6.06. The van der Waals surface area contributed by atoms with Crippen LogP contribution in [0.25, 0.3) is 11.0 Å². The van der Waals surface area contributed by atoms with Gasteiger partial charge >= 0.3 is 0 Å². The van der Waals surface area contributed by atoms with E-state index in [1.165, 1.54) is 12.8 Å². The Morgan fingerprint density at radius 2 is 2.30 bits per heavy atom. The molecule has 0 saturated carbocycles. The number of H-pyrrole nitrogens is 1. The first-order valence-corrected chi connectivity index (χ1v) is 7.35. The first kappa shape index (κ1) is 13.4. The maximum Gasteiger partial charge on any atom is 0.108 e. The summed E-state index contributed by atoms with van der Waals surface area (Å²) in [5.74, 6) is 0.993. The van der Waals surface area contributed by atoms with Gasteiger partial charge in [-0.2, -0.15) is 0 Å². The van der Waals surface area contributed by atoms with Crippen molar-refractivity contribution in [2.75, 3.05) is 25.4 Å². The van der Waals surface area contributed by atoms with Crippen molar-refractivity contribution in [3.8, 4) is 0 Å². The van der Waals surface area contributed by atoms with E-state index >= 15 is 0 Å². The molecule has 4 N–H and O–H groups in total. The second-order valence-electron chi connectivity index (χ2n) is 5.58. The van der Waals surface area contributed by atoms with Crippen LogP contribution in [0.3, 0.4) is 0 Å². The summed E-state index contributed by atoms with van der Waals surface area (Å²) < 4.78 is 0. The molecule has 1 atom stereocenters. The number of anilines is 1. The third-order valence-corrected chi connectivity index (χ3v) is 4.15. The van der Waals surface area contributed by atoms with Crippen molar-refractivity contribution in [2.45, 2.75) is 31.7 Å². The van der Waals surface area contributed by atoms with Crippen LogP contribution in [0.1, 0.15) is 25.1 Å². The lowest BCUT2D eigenvalue weighted by Crippen LogP contribution is -2.42. The van der Waals surface area contributed by atoms with Crippen LogP contribution in [-0.2, 0) is 6.42 Å². The van der Waals surface area contributed by atoms with Crippen molar-refractivity contribution >= 4 is 16.7 Å². The van der Waals surface area contributed by atoms with Gasteiger partial charge in [0.05, 0.1) is 17.6 Å². The van der Waals surface area contributed by atoms with Gasteiger partial charge in [0.15, 0.2) is 0 Å². The largest absolute Gasteiger partial charge is 0.399 e. The van der Waals surface area contributed by atoms with Crippen molar-refractivity contribution in [2.24, 2.45) is 0 Å². The second kappa shape index (κ2) is 5.81. The van der Waals surface area contributed by atoms with E-state index in [0.29, 0.717) is 6.04 Å². The Morgan fingerprint density at radius 1 is 1.40 bits per heavy atom. The van der Waals surface area contributed by atoms with Crippen LogP contribution in [0.2, 0.25) is 0 Å². The standard InChI is InChI=1S/C15H22N4O/c16-11-4-5-13-14(9-11)18-15(17-13)6-8-19-7-2-1-3-12(19)10-20/h4-5,9,12,20H,1-3,6-8,10,16H2,(H,17,18). The van der Waals surface area contributed by atoms with Crippen molar-refractivity contribution < 1.29 is 5.11 Å². The van der Waals surface area contributed by atoms with E-state index in [1.807, 2.05) is 18.2 Å². The molecule has 1 saturated heterocycles. The molecule has 0 amide bonds. The predicted octanol–water partition coefficient (Wildman–Crippen LogP) is 1.53. The van der Waals surface area contributed by atoms with Crippen LogP contribution in [0.15, 0.2) is 18.2 Å². The number of likely N-dealkylation sites (tertiary alicyclic amines) is 1. The number of hydrogen-bond acceptors (Lipinski definition) is 4. The number of nitrogens with two attached hydrogens (primary N) is 1. The van der Waals surface area contributed by atoms with E-state index in [2.05, 4.69) is 14.9 Å². The first-order chi connectivity index (χ1) is 9.76. The minimum Gasteiger partial charge on any atom is -0.399 e. The van der Waals surface area contributed by atoms with Crippen LogP contribution in [-0.4, -0.2) is 45.7 Å². The molecule has 0 spiro atoms. The number of nitrogen functional groups attached to an aromatic ring is 1. The van der Waals surface area contributed by atoms with E-state index in [-0.39, 0.29) is 6.61 Å². The van der Waals surface area contributed by atoms with Crippen LogP contribution in [0, 0.1) is 0 Å². The average molecular weight is 274 g/mol. The number of rotatable bonds is 4. The van der Waals surface area contributed by atoms with Crippen molar-refractivity contribution in [3.63, 3.8) is 0 Å². The van der Waals surface area contributed by atoms with Gasteiger partial charge in [-0.1, -0.05) is 6.42 Å². The zero-order valence-electron chi connectivity index (χ0n) is 11.7. The van der Waals surface area contributed by atoms with Crippen LogP contribution < -0.4 is 5.73 Å². The number of nitrogens with zero attached hydrogens (tertiary/aromatic N) is 2. The molecule has 5 heteroatoms. The summed E-state index contributed by atoms with van der Waals surface area (Å²) in [6.07, 6.45) is 4.44. The van der Waals surface area contributed by atoms with Crippen molar-refractivity contribution in [1.82, 2.24) is 14.9 Å². The highest BCUT2D eigenvalue weighted by Crippen LogP contribution is 2.18. The number of aromatic amines is 1. The lowest BCUT2D eigenvalue weighted by atomic mass is 10.0. The van der Waals surface area contributed by atoms with Gasteiger partial charge in [-0.05, 0) is 37.6 Å². The number of imidazole rings is 1. The quantitative estimate of drug-likeness (QED) is 0.739. The van der Waals surface area contributed by atoms with E-state index in [1.54, 1.807) is 0 Å². The number of aromatic nitrogens is 2. The topological polar surface area (TPSA) is 78.2 Å². The number of aliphatic hydroxyl groups excluding tert-OH is 1. The molecule has 20 heavy (non-hydrogen) atoms. The second-order valence-corrected chi connectivity index (χ2v) is 5.58. The van der Waals surface area contributed by atoms with Gasteiger partial charge in [-0.25, -0.2) is 4.98 Å². The Balaban J connectivity index is 1.67. The molecule has 1 unspecified atom stereocenters. The monoisotopic (exact) mass is 274 g/mol. The maximum atomic E-state index is 9.42. The molecule has 1 aliphatic rings. The molecule has 0 aliphatic carbocycles. The Kier molecular flexibility index (Phi) is 3.89. The lowest BCUT2D eigenvalue weighted by molar-refractivity contribution is 0.0909. The van der Waals surface area contributed by atoms with Crippen LogP contribution >= 0.6 is 0 Å². The summed E-state index contributed by atoms with van der Waals surface area (Å²) >= 11 is 0. The number of nitrogens with one attached hydrogen (secondary N) is 1. The van der Waals surface area contributed by atoms with E-state index in [9.17, 15) is 5.11 Å². The van der Waals surface area contributed by atoms with E-state index in [4.69, 9.17) is 5.73 Å². The fraction of sp³-hybridized carbons (Fsp3) is 0.533. The first-order valence-electron chi connectivity index (χ1n) is 7.35. The SMILES string of the molecule is Nc1ccc2nc(CCN3CCCCC3CO)[nH]c2c1. The molecule has 3 rings (SSSR count). The summed E-state index contributed by atoms with van der Waals surface area (Å²) in [7, 11) is 0. The van der Waals surface area contributed by atoms with Gasteiger partial charge < -0.3 is 15.8 Å². The van der Waals surface area contributed by atoms with Crippen molar-refractivity contribution in [1.29, 1.82) is 0 Å². The molecule has 2 heterocycles. The fourth-order valence-corrected chi connectivity index (χ4v) is 3.01. The Bertz CT molecular complexity index is 580. The highest BCUT2D eigenvalue weighted by atomic mass is 16.3. The molecular weight excluding hydrogens is 252 g/mol. The van der Waals surface area contributed by atoms with Crippen LogP contribution in [0.5, 0.6) is 0 Å². The molecule has 0 radical (unpaired) electrons. The van der Waals surface area contributed by atoms with Crippen LogP contribution in [0.4, 0.5) is 5.69 Å². The van der Waals surface area contributed by atoms with Gasteiger partial charge in [0.2, 0.25) is 0 Å². The maximum absolute atomic E-state index is 9.42. The Labute approximate surface area is 118 Å². The van der Waals surface area contributed by atoms with Gasteiger partial charge in [-0.15, -0.1) is 0 Å². The fourth-order valence-electron chi connectivity index (χ4n) is 3.01. The van der Waals surface area contributed by atoms with E-state index < -0.39 is 0 Å². The Morgan fingerprint density at radius 3 is 3.15 bits per heavy atom. The minimum absolute atomic E-state index is 0.261. The van der Waals surface area contributed by atoms with Crippen molar-refractivity contribution in [3.05, 3.63) is 24.0 Å². The van der Waals surface area contributed by atoms with Gasteiger partial charge in [0.1, 0.15) is 5.82 Å². The summed E-state index contributed by atoms with van der Waals surface area (Å²) in [4.78, 5) is 10.3. The number of fused-ring (bicyclic) bond motifs is 1. The predicted molar refractivity (Wildman–Crippen MR) is 80.5 cm³/mol. The summed E-state index contributed by atoms with van der Waals surface area (Å²) in [6.45, 7) is 2.29. The van der Waals surface area contributed by atoms with Gasteiger partial charge in [0.25, 0.3) is 0 Å². The molecule has 2 aromatic rings. The Hall–Kier alpha value is -1.59. The molecule has 1 aromatic carbocycles. The number of hydrogen-bond donors (Lipinski definition) is 3. The van der Waals surface area contributed by atoms with E-state index in [0.717, 1.165) is 48.5 Å². The smallest absolute Gasteiger partial charge is 0.108 e. The molecule has 5 nitrogen and oxygen atoms in total. The third-order valence-electron chi connectivity index (χ3n) is 4.15. The molecule has 1 fully saturated rings. The molecule has 108 valence electrons. The number of benzene rings is 1. The third kappa shape index (κ3) is 2.78. The summed E-state index contributed by atoms with van der Waals surface area (Å²) in [5.41, 5.74) is 8.49. The number of aliphatic hydroxyl groups is 1. The summed E-state index contributed by atoms with van der Waals surface area (Å²) in [5, 5.41) is 9.42. The molecule has 1 aromatic heterocycles. The lowest BCUT2D eigenvalue weighted by Gasteiger charge is -2.34. The number of piperidine rings is 1. The average Bonchev–Trinajstić information content (AvgIpc) is 2.87. The molecular formula is C15H22N4O.